The average Bonchev–Trinajstić information content (AvgIpc) is 3.22. The lowest BCUT2D eigenvalue weighted by Crippen LogP contribution is -2.15. The van der Waals surface area contributed by atoms with E-state index in [0.717, 1.165) is 11.7 Å². The predicted octanol–water partition coefficient (Wildman–Crippen LogP) is 3.18. The quantitative estimate of drug-likeness (QED) is 0.352. The Morgan fingerprint density at radius 3 is 2.88 bits per heavy atom. The van der Waals surface area contributed by atoms with E-state index in [9.17, 15) is 22.7 Å². The molecule has 9 nitrogen and oxygen atoms in total. The third-order valence-electron chi connectivity index (χ3n) is 4.63. The number of hydrogen-bond donors (Lipinski definition) is 2. The number of aliphatic hydroxyl groups excluding tert-OH is 1. The number of aromatic nitrogens is 4. The minimum Gasteiger partial charge on any atom is -0.369 e. The average molecular weight is 482 g/mol. The first-order chi connectivity index (χ1) is 15.1. The van der Waals surface area contributed by atoms with Gasteiger partial charge in [-0.1, -0.05) is 36.7 Å². The topological polar surface area (TPSA) is 127 Å². The summed E-state index contributed by atoms with van der Waals surface area (Å²) in [7, 11) is -3.23. The summed E-state index contributed by atoms with van der Waals surface area (Å²) in [6.07, 6.45) is 4.47. The van der Waals surface area contributed by atoms with E-state index in [1.165, 1.54) is 41.2 Å². The van der Waals surface area contributed by atoms with Crippen molar-refractivity contribution < 1.29 is 22.7 Å². The number of nitrogens with zero attached hydrogens (tertiary/aromatic N) is 4. The summed E-state index contributed by atoms with van der Waals surface area (Å²) in [5, 5.41) is 21.9. The molecule has 0 amide bonds. The van der Waals surface area contributed by atoms with Gasteiger partial charge in [-0.25, -0.2) is 17.8 Å². The molecule has 0 bridgehead atoms. The highest BCUT2D eigenvalue weighted by molar-refractivity contribution is 7.93. The first-order valence-electron chi connectivity index (χ1n) is 9.55. The summed E-state index contributed by atoms with van der Waals surface area (Å²) in [6, 6.07) is 4.06. The van der Waals surface area contributed by atoms with Gasteiger partial charge in [0.05, 0.1) is 11.2 Å². The van der Waals surface area contributed by atoms with E-state index in [1.54, 1.807) is 0 Å². The summed E-state index contributed by atoms with van der Waals surface area (Å²) < 4.78 is 37.5. The van der Waals surface area contributed by atoms with Gasteiger partial charge < -0.3 is 10.4 Å². The second kappa shape index (κ2) is 9.72. The predicted molar refractivity (Wildman–Crippen MR) is 117 cm³/mol. The van der Waals surface area contributed by atoms with Gasteiger partial charge in [0.25, 0.3) is 0 Å². The number of hydrogen-bond acceptors (Lipinski definition) is 8. The van der Waals surface area contributed by atoms with Gasteiger partial charge in [-0.05, 0) is 18.4 Å². The number of allylic oxidation sites excluding steroid dienone is 1. The molecule has 0 saturated carbocycles. The molecule has 3 rings (SSSR count). The van der Waals surface area contributed by atoms with Crippen LogP contribution in [-0.2, 0) is 9.84 Å². The summed E-state index contributed by atoms with van der Waals surface area (Å²) >= 11 is 5.92. The number of anilines is 1. The Balaban J connectivity index is 1.77. The third kappa shape index (κ3) is 5.67. The number of Topliss-reactive ketones (excluding diaryl/α,β-unsaturated/α-hetero) is 1. The van der Waals surface area contributed by atoms with Crippen LogP contribution in [0.5, 0.6) is 0 Å². The van der Waals surface area contributed by atoms with E-state index in [2.05, 4.69) is 20.5 Å². The first-order valence-corrected chi connectivity index (χ1v) is 11.9. The fraction of sp³-hybridized carbons (Fsp3) is 0.300. The van der Waals surface area contributed by atoms with Crippen molar-refractivity contribution in [2.45, 2.75) is 26.0 Å². The lowest BCUT2D eigenvalue weighted by Gasteiger charge is -2.16. The molecular formula is C20H21ClFN5O4S. The molecule has 2 N–H and O–H groups in total. The number of benzene rings is 1. The molecule has 32 heavy (non-hydrogen) atoms. The highest BCUT2D eigenvalue weighted by atomic mass is 35.5. The smallest absolute Gasteiger partial charge is 0.198 e. The van der Waals surface area contributed by atoms with Gasteiger partial charge in [0.2, 0.25) is 0 Å². The van der Waals surface area contributed by atoms with Crippen LogP contribution in [0.4, 0.5) is 10.1 Å². The maximum absolute atomic E-state index is 13.7. The van der Waals surface area contributed by atoms with Crippen molar-refractivity contribution in [1.29, 1.82) is 0 Å². The van der Waals surface area contributed by atoms with Gasteiger partial charge in [0, 0.05) is 23.6 Å². The molecule has 0 radical (unpaired) electrons. The van der Waals surface area contributed by atoms with Gasteiger partial charge in [-0.2, -0.15) is 0 Å². The summed E-state index contributed by atoms with van der Waals surface area (Å²) in [5.41, 5.74) is 0.622. The van der Waals surface area contributed by atoms with Crippen molar-refractivity contribution in [3.05, 3.63) is 64.4 Å². The Kier molecular flexibility index (Phi) is 7.22. The lowest BCUT2D eigenvalue weighted by molar-refractivity contribution is 0.0965. The number of rotatable bonds is 9. The van der Waals surface area contributed by atoms with Crippen molar-refractivity contribution in [2.24, 2.45) is 5.92 Å². The second-order valence-corrected chi connectivity index (χ2v) is 9.62. The molecule has 3 aromatic rings. The molecule has 170 valence electrons. The van der Waals surface area contributed by atoms with Gasteiger partial charge >= 0.3 is 0 Å². The minimum absolute atomic E-state index is 0.0909. The zero-order valence-electron chi connectivity index (χ0n) is 17.2. The van der Waals surface area contributed by atoms with Gasteiger partial charge in [-0.15, -0.1) is 10.2 Å². The largest absolute Gasteiger partial charge is 0.369 e. The molecule has 0 aliphatic rings. The number of fused-ring (bicyclic) bond motifs is 1. The van der Waals surface area contributed by atoms with Crippen LogP contribution < -0.4 is 5.32 Å². The highest BCUT2D eigenvalue weighted by Gasteiger charge is 2.19. The molecule has 0 spiro atoms. The monoisotopic (exact) mass is 481 g/mol. The van der Waals surface area contributed by atoms with Gasteiger partial charge in [0.15, 0.2) is 33.3 Å². The molecule has 12 heteroatoms. The molecule has 2 atom stereocenters. The highest BCUT2D eigenvalue weighted by Crippen LogP contribution is 2.28. The molecule has 0 unspecified atom stereocenters. The number of aliphatic hydroxyl groups is 1. The Bertz CT molecular complexity index is 1280. The fourth-order valence-electron chi connectivity index (χ4n) is 2.93. The van der Waals surface area contributed by atoms with E-state index in [0.29, 0.717) is 6.42 Å². The van der Waals surface area contributed by atoms with E-state index >= 15 is 0 Å². The molecule has 0 aliphatic heterocycles. The zero-order valence-corrected chi connectivity index (χ0v) is 18.8. The zero-order chi connectivity index (χ0) is 23.5. The van der Waals surface area contributed by atoms with Crippen molar-refractivity contribution in [1.82, 2.24) is 19.6 Å². The van der Waals surface area contributed by atoms with Crippen LogP contribution >= 0.6 is 11.6 Å². The van der Waals surface area contributed by atoms with Crippen LogP contribution in [0.1, 0.15) is 42.2 Å². The molecule has 1 aromatic carbocycles. The molecule has 0 aliphatic carbocycles. The van der Waals surface area contributed by atoms with Gasteiger partial charge in [-0.3, -0.25) is 9.20 Å². The summed E-state index contributed by atoms with van der Waals surface area (Å²) in [5.74, 6) is -0.989. The van der Waals surface area contributed by atoms with Crippen LogP contribution in [0.25, 0.3) is 5.65 Å². The number of ketones is 1. The van der Waals surface area contributed by atoms with Crippen LogP contribution in [0.15, 0.2) is 42.2 Å². The number of nitrogens with one attached hydrogen (secondary N) is 1. The van der Waals surface area contributed by atoms with Crippen molar-refractivity contribution >= 4 is 38.6 Å². The molecule has 2 aromatic heterocycles. The lowest BCUT2D eigenvalue weighted by atomic mass is 10.0. The van der Waals surface area contributed by atoms with E-state index in [1.807, 2.05) is 6.92 Å². The van der Waals surface area contributed by atoms with E-state index in [-0.39, 0.29) is 45.9 Å². The molecule has 0 fully saturated rings. The van der Waals surface area contributed by atoms with Crippen LogP contribution in [-0.4, -0.2) is 45.1 Å². The Hall–Kier alpha value is -2.89. The van der Waals surface area contributed by atoms with Crippen LogP contribution in [0.2, 0.25) is 5.02 Å². The number of halogens is 2. The Morgan fingerprint density at radius 1 is 1.41 bits per heavy atom. The summed E-state index contributed by atoms with van der Waals surface area (Å²) in [4.78, 5) is 16.9. The second-order valence-electron chi connectivity index (χ2n) is 7.31. The van der Waals surface area contributed by atoms with Gasteiger partial charge in [0.1, 0.15) is 17.8 Å². The third-order valence-corrected chi connectivity index (χ3v) is 5.68. The van der Waals surface area contributed by atoms with Crippen molar-refractivity contribution in [3.8, 4) is 0 Å². The Labute approximate surface area is 188 Å². The van der Waals surface area contributed by atoms with Crippen LogP contribution in [0.3, 0.4) is 0 Å². The van der Waals surface area contributed by atoms with Crippen molar-refractivity contribution in [3.63, 3.8) is 0 Å². The standard InChI is InChI=1S/C20H21ClFN5O4S/c1-12(8-9-32(2,30)31)6-7-16(28)19-23-10-15(18-26-24-11-27(18)19)25-20(29)13-4-3-5-14(22)17(13)21/h3-5,8-12,20,25,29H,6-7H2,1-2H3/b9-8+/t12-,20-/m0/s1. The van der Waals surface area contributed by atoms with E-state index < -0.39 is 21.9 Å². The SMILES string of the molecule is C[C@H](/C=C/S(C)(=O)=O)CCC(=O)c1ncc(N[C@@H](O)c2cccc(F)c2Cl)c2nncn12. The Morgan fingerprint density at radius 2 is 2.16 bits per heavy atom. The van der Waals surface area contributed by atoms with Crippen LogP contribution in [0, 0.1) is 11.7 Å². The number of carbonyl (C=O) groups is 1. The van der Waals surface area contributed by atoms with E-state index in [4.69, 9.17) is 11.6 Å². The summed E-state index contributed by atoms with van der Waals surface area (Å²) in [6.45, 7) is 1.81. The minimum atomic E-state index is -3.23. The fourth-order valence-corrected chi connectivity index (χ4v) is 3.71. The normalized spacial score (nSPS) is 14.0. The number of carbonyl (C=O) groups excluding carboxylic acids is 1. The van der Waals surface area contributed by atoms with Crippen molar-refractivity contribution in [2.75, 3.05) is 11.6 Å². The molecular weight excluding hydrogens is 461 g/mol. The number of sulfone groups is 1. The molecule has 2 heterocycles. The maximum atomic E-state index is 13.7. The molecule has 0 saturated heterocycles. The first kappa shape index (κ1) is 23.8. The maximum Gasteiger partial charge on any atom is 0.198 e.